The third kappa shape index (κ3) is 2.92. The van der Waals surface area contributed by atoms with E-state index in [1.54, 1.807) is 0 Å². The predicted octanol–water partition coefficient (Wildman–Crippen LogP) is 1.72. The molecule has 12 heavy (non-hydrogen) atoms. The molecule has 1 aliphatic heterocycles. The highest BCUT2D eigenvalue weighted by Gasteiger charge is 2.19. The first-order chi connectivity index (χ1) is 5.74. The summed E-state index contributed by atoms with van der Waals surface area (Å²) >= 11 is 5.75. The Morgan fingerprint density at radius 2 is 2.42 bits per heavy atom. The summed E-state index contributed by atoms with van der Waals surface area (Å²) in [4.78, 5) is 2.27. The van der Waals surface area contributed by atoms with Crippen molar-refractivity contribution < 1.29 is 4.74 Å². The molecule has 0 radical (unpaired) electrons. The second kappa shape index (κ2) is 5.05. The highest BCUT2D eigenvalue weighted by molar-refractivity contribution is 6.18. The second-order valence-corrected chi connectivity index (χ2v) is 3.89. The molecule has 0 aromatic carbocycles. The number of rotatable bonds is 4. The molecule has 0 aromatic heterocycles. The Bertz CT molecular complexity index is 126. The van der Waals surface area contributed by atoms with Gasteiger partial charge < -0.3 is 4.74 Å². The molecule has 72 valence electrons. The van der Waals surface area contributed by atoms with Crippen molar-refractivity contribution in [3.63, 3.8) is 0 Å². The van der Waals surface area contributed by atoms with Gasteiger partial charge in [0.2, 0.25) is 0 Å². The zero-order chi connectivity index (χ0) is 8.97. The van der Waals surface area contributed by atoms with Crippen molar-refractivity contribution in [2.75, 3.05) is 26.1 Å². The maximum absolute atomic E-state index is 5.75. The van der Waals surface area contributed by atoms with E-state index in [0.717, 1.165) is 13.2 Å². The Kier molecular flexibility index (Phi) is 4.33. The third-order valence-electron chi connectivity index (χ3n) is 2.49. The molecular formula is C9H18ClNO. The molecule has 1 rings (SSSR count). The number of likely N-dealkylation sites (N-methyl/N-ethyl adjacent to an activating group) is 1. The predicted molar refractivity (Wildman–Crippen MR) is 51.8 cm³/mol. The van der Waals surface area contributed by atoms with E-state index >= 15 is 0 Å². The zero-order valence-electron chi connectivity index (χ0n) is 7.92. The number of alkyl halides is 1. The minimum absolute atomic E-state index is 0.445. The lowest BCUT2D eigenvalue weighted by Crippen LogP contribution is -2.36. The fourth-order valence-electron chi connectivity index (χ4n) is 1.41. The minimum Gasteiger partial charge on any atom is -0.377 e. The summed E-state index contributed by atoms with van der Waals surface area (Å²) in [7, 11) is 2.11. The number of hydrogen-bond donors (Lipinski definition) is 0. The van der Waals surface area contributed by atoms with Gasteiger partial charge in [0.1, 0.15) is 0 Å². The fraction of sp³-hybridized carbons (Fsp3) is 1.00. The van der Waals surface area contributed by atoms with Crippen molar-refractivity contribution in [1.29, 1.82) is 0 Å². The number of ether oxygens (including phenoxy) is 1. The van der Waals surface area contributed by atoms with Crippen molar-refractivity contribution >= 4 is 11.6 Å². The normalized spacial score (nSPS) is 26.5. The average Bonchev–Trinajstić information content (AvgIpc) is 2.55. The van der Waals surface area contributed by atoms with E-state index in [4.69, 9.17) is 16.3 Å². The smallest absolute Gasteiger partial charge is 0.0702 e. The van der Waals surface area contributed by atoms with Gasteiger partial charge in [-0.2, -0.15) is 0 Å². The maximum atomic E-state index is 5.75. The fourth-order valence-corrected chi connectivity index (χ4v) is 1.64. The molecule has 0 bridgehead atoms. The Morgan fingerprint density at radius 1 is 1.67 bits per heavy atom. The van der Waals surface area contributed by atoms with Crippen molar-refractivity contribution in [3.8, 4) is 0 Å². The molecule has 0 amide bonds. The Hall–Kier alpha value is 0.210. The number of nitrogens with zero attached hydrogens (tertiary/aromatic N) is 1. The van der Waals surface area contributed by atoms with Crippen LogP contribution in [0.5, 0.6) is 0 Å². The van der Waals surface area contributed by atoms with E-state index in [0.29, 0.717) is 18.0 Å². The van der Waals surface area contributed by atoms with Crippen molar-refractivity contribution in [2.45, 2.75) is 31.9 Å². The van der Waals surface area contributed by atoms with Gasteiger partial charge in [-0.3, -0.25) is 4.90 Å². The van der Waals surface area contributed by atoms with Gasteiger partial charge in [0.25, 0.3) is 0 Å². The van der Waals surface area contributed by atoms with Crippen LogP contribution in [0.3, 0.4) is 0 Å². The SMILES string of the molecule is CC(CCl)N(C)CC1CCCO1. The van der Waals surface area contributed by atoms with Gasteiger partial charge >= 0.3 is 0 Å². The van der Waals surface area contributed by atoms with Gasteiger partial charge in [0.05, 0.1) is 6.10 Å². The van der Waals surface area contributed by atoms with Crippen LogP contribution in [0.4, 0.5) is 0 Å². The second-order valence-electron chi connectivity index (χ2n) is 3.58. The molecular weight excluding hydrogens is 174 g/mol. The quantitative estimate of drug-likeness (QED) is 0.628. The van der Waals surface area contributed by atoms with Crippen molar-refractivity contribution in [1.82, 2.24) is 4.90 Å². The van der Waals surface area contributed by atoms with Crippen LogP contribution in [-0.4, -0.2) is 43.1 Å². The molecule has 0 N–H and O–H groups in total. The van der Waals surface area contributed by atoms with Gasteiger partial charge in [-0.25, -0.2) is 0 Å². The Balaban J connectivity index is 2.19. The molecule has 0 aliphatic carbocycles. The summed E-state index contributed by atoms with van der Waals surface area (Å²) in [6.07, 6.45) is 2.87. The standard InChI is InChI=1S/C9H18ClNO/c1-8(6-10)11(2)7-9-4-3-5-12-9/h8-9H,3-7H2,1-2H3. The van der Waals surface area contributed by atoms with Crippen LogP contribution >= 0.6 is 11.6 Å². The van der Waals surface area contributed by atoms with Gasteiger partial charge in [-0.15, -0.1) is 11.6 Å². The van der Waals surface area contributed by atoms with Crippen LogP contribution < -0.4 is 0 Å². The van der Waals surface area contributed by atoms with Crippen LogP contribution in [0.15, 0.2) is 0 Å². The molecule has 1 heterocycles. The molecule has 0 spiro atoms. The van der Waals surface area contributed by atoms with Crippen molar-refractivity contribution in [3.05, 3.63) is 0 Å². The number of halogens is 1. The molecule has 2 atom stereocenters. The monoisotopic (exact) mass is 191 g/mol. The molecule has 2 nitrogen and oxygen atoms in total. The molecule has 0 saturated carbocycles. The van der Waals surface area contributed by atoms with Gasteiger partial charge in [-0.05, 0) is 26.8 Å². The zero-order valence-corrected chi connectivity index (χ0v) is 8.68. The van der Waals surface area contributed by atoms with E-state index in [2.05, 4.69) is 18.9 Å². The van der Waals surface area contributed by atoms with E-state index < -0.39 is 0 Å². The van der Waals surface area contributed by atoms with E-state index in [9.17, 15) is 0 Å². The van der Waals surface area contributed by atoms with Crippen LogP contribution in [0.25, 0.3) is 0 Å². The molecule has 1 aliphatic rings. The first-order valence-corrected chi connectivity index (χ1v) is 5.15. The first kappa shape index (κ1) is 10.3. The summed E-state index contributed by atoms with van der Waals surface area (Å²) in [5.41, 5.74) is 0. The van der Waals surface area contributed by atoms with E-state index in [1.165, 1.54) is 12.8 Å². The summed E-state index contributed by atoms with van der Waals surface area (Å²) in [6, 6.07) is 0.455. The van der Waals surface area contributed by atoms with Gasteiger partial charge in [-0.1, -0.05) is 0 Å². The maximum Gasteiger partial charge on any atom is 0.0702 e. The molecule has 0 aromatic rings. The molecule has 3 heteroatoms. The van der Waals surface area contributed by atoms with E-state index in [1.807, 2.05) is 0 Å². The molecule has 1 saturated heterocycles. The Labute approximate surface area is 79.8 Å². The summed E-state index contributed by atoms with van der Waals surface area (Å²) < 4.78 is 5.53. The lowest BCUT2D eigenvalue weighted by atomic mass is 10.2. The highest BCUT2D eigenvalue weighted by Crippen LogP contribution is 2.13. The Morgan fingerprint density at radius 3 is 2.92 bits per heavy atom. The van der Waals surface area contributed by atoms with E-state index in [-0.39, 0.29) is 0 Å². The summed E-state index contributed by atoms with van der Waals surface area (Å²) in [5, 5.41) is 0. The van der Waals surface area contributed by atoms with Gasteiger partial charge in [0, 0.05) is 25.1 Å². The van der Waals surface area contributed by atoms with Gasteiger partial charge in [0.15, 0.2) is 0 Å². The van der Waals surface area contributed by atoms with Crippen LogP contribution in [0, 0.1) is 0 Å². The number of hydrogen-bond acceptors (Lipinski definition) is 2. The largest absolute Gasteiger partial charge is 0.377 e. The highest BCUT2D eigenvalue weighted by atomic mass is 35.5. The topological polar surface area (TPSA) is 12.5 Å². The first-order valence-electron chi connectivity index (χ1n) is 4.62. The molecule has 1 fully saturated rings. The summed E-state index contributed by atoms with van der Waals surface area (Å²) in [6.45, 7) is 4.10. The van der Waals surface area contributed by atoms with Crippen LogP contribution in [0.1, 0.15) is 19.8 Å². The molecule has 2 unspecified atom stereocenters. The lowest BCUT2D eigenvalue weighted by Gasteiger charge is -2.25. The minimum atomic E-state index is 0.445. The summed E-state index contributed by atoms with van der Waals surface area (Å²) in [5.74, 6) is 0.698. The third-order valence-corrected chi connectivity index (χ3v) is 2.94. The van der Waals surface area contributed by atoms with Crippen LogP contribution in [-0.2, 0) is 4.74 Å². The average molecular weight is 192 g/mol. The van der Waals surface area contributed by atoms with Crippen LogP contribution in [0.2, 0.25) is 0 Å². The van der Waals surface area contributed by atoms with Crippen molar-refractivity contribution in [2.24, 2.45) is 0 Å². The lowest BCUT2D eigenvalue weighted by molar-refractivity contribution is 0.0732.